The van der Waals surface area contributed by atoms with Gasteiger partial charge in [-0.2, -0.15) is 0 Å². The van der Waals surface area contributed by atoms with Gasteiger partial charge >= 0.3 is 0 Å². The van der Waals surface area contributed by atoms with Crippen molar-refractivity contribution in [3.63, 3.8) is 0 Å². The predicted molar refractivity (Wildman–Crippen MR) is 114 cm³/mol. The van der Waals surface area contributed by atoms with Crippen molar-refractivity contribution in [3.05, 3.63) is 108 Å². The number of fused-ring (bicyclic) bond motifs is 1. The highest BCUT2D eigenvalue weighted by Gasteiger charge is 2.18. The van der Waals surface area contributed by atoms with Crippen LogP contribution in [0.2, 0.25) is 0 Å². The highest BCUT2D eigenvalue weighted by atomic mass is 15.1. The number of aryl methyl sites for hydroxylation is 1. The third-order valence-corrected chi connectivity index (χ3v) is 4.87. The average Bonchev–Trinajstić information content (AvgIpc) is 2.67. The third kappa shape index (κ3) is 4.23. The first-order valence-electron chi connectivity index (χ1n) is 9.32. The molecule has 1 heterocycles. The van der Waals surface area contributed by atoms with Crippen LogP contribution in [0, 0.1) is 6.92 Å². The minimum absolute atomic E-state index is 0.429. The Labute approximate surface area is 157 Å². The van der Waals surface area contributed by atoms with Gasteiger partial charge in [0.05, 0.1) is 0 Å². The van der Waals surface area contributed by atoms with Crippen LogP contribution >= 0.6 is 0 Å². The smallest absolute Gasteiger partial charge is 0.0444 e. The number of allylic oxidation sites excluding steroid dienone is 5. The summed E-state index contributed by atoms with van der Waals surface area (Å²) in [5.41, 5.74) is 6.28. The molecule has 0 radical (unpaired) electrons. The molecule has 0 bridgehead atoms. The Morgan fingerprint density at radius 1 is 1.08 bits per heavy atom. The SMILES string of the molecule is C=C(C=CCC1C=CN(CC)c2ccccc21)/C=C\c1ccccc1C. The van der Waals surface area contributed by atoms with E-state index >= 15 is 0 Å². The Bertz CT molecular complexity index is 854. The van der Waals surface area contributed by atoms with Crippen LogP contribution in [-0.2, 0) is 0 Å². The standard InChI is InChI=1S/C25H27N/c1-4-26-19-18-23(24-14-7-8-15-25(24)26)13-9-10-20(2)16-17-22-12-6-5-11-21(22)3/h5-12,14-19,23H,2,4,13H2,1,3H3/b10-9?,17-16-. The summed E-state index contributed by atoms with van der Waals surface area (Å²) in [6, 6.07) is 17.1. The topological polar surface area (TPSA) is 3.24 Å². The molecule has 1 unspecified atom stereocenters. The van der Waals surface area contributed by atoms with E-state index in [1.807, 2.05) is 0 Å². The van der Waals surface area contributed by atoms with Crippen LogP contribution in [0.3, 0.4) is 0 Å². The van der Waals surface area contributed by atoms with Gasteiger partial charge in [-0.3, -0.25) is 0 Å². The van der Waals surface area contributed by atoms with Gasteiger partial charge in [-0.1, -0.05) is 79.4 Å². The number of benzene rings is 2. The van der Waals surface area contributed by atoms with E-state index in [1.165, 1.54) is 22.4 Å². The highest BCUT2D eigenvalue weighted by Crippen LogP contribution is 2.35. The fourth-order valence-electron chi connectivity index (χ4n) is 3.33. The van der Waals surface area contributed by atoms with Crippen LogP contribution in [0.25, 0.3) is 6.08 Å². The minimum Gasteiger partial charge on any atom is -0.348 e. The second-order valence-corrected chi connectivity index (χ2v) is 6.70. The monoisotopic (exact) mass is 341 g/mol. The first-order chi connectivity index (χ1) is 12.7. The van der Waals surface area contributed by atoms with Crippen LogP contribution < -0.4 is 4.90 Å². The zero-order valence-corrected chi connectivity index (χ0v) is 15.7. The van der Waals surface area contributed by atoms with E-state index in [0.29, 0.717) is 5.92 Å². The van der Waals surface area contributed by atoms with Gasteiger partial charge in [0.1, 0.15) is 0 Å². The van der Waals surface area contributed by atoms with Crippen LogP contribution in [-0.4, -0.2) is 6.54 Å². The van der Waals surface area contributed by atoms with E-state index in [0.717, 1.165) is 18.5 Å². The lowest BCUT2D eigenvalue weighted by molar-refractivity contribution is 0.822. The Morgan fingerprint density at radius 2 is 1.85 bits per heavy atom. The Kier molecular flexibility index (Phi) is 5.91. The first kappa shape index (κ1) is 18.0. The molecule has 0 fully saturated rings. The number of rotatable bonds is 6. The van der Waals surface area contributed by atoms with Crippen LogP contribution in [0.5, 0.6) is 0 Å². The number of nitrogens with zero attached hydrogens (tertiary/aromatic N) is 1. The lowest BCUT2D eigenvalue weighted by atomic mass is 9.91. The second kappa shape index (κ2) is 8.53. The van der Waals surface area contributed by atoms with Crippen molar-refractivity contribution in [2.75, 3.05) is 11.4 Å². The molecule has 0 N–H and O–H groups in total. The van der Waals surface area contributed by atoms with Crippen molar-refractivity contribution in [1.82, 2.24) is 0 Å². The molecule has 0 amide bonds. The lowest BCUT2D eigenvalue weighted by Crippen LogP contribution is -2.21. The Morgan fingerprint density at radius 3 is 2.65 bits per heavy atom. The summed E-state index contributed by atoms with van der Waals surface area (Å²) in [6.07, 6.45) is 14.1. The van der Waals surface area contributed by atoms with Gasteiger partial charge in [0.2, 0.25) is 0 Å². The molecule has 0 aliphatic carbocycles. The summed E-state index contributed by atoms with van der Waals surface area (Å²) in [5.74, 6) is 0.429. The molecule has 1 aliphatic rings. The number of para-hydroxylation sites is 1. The van der Waals surface area contributed by atoms with Crippen LogP contribution in [0.1, 0.15) is 36.0 Å². The van der Waals surface area contributed by atoms with E-state index in [2.05, 4.69) is 110 Å². The van der Waals surface area contributed by atoms with E-state index in [9.17, 15) is 0 Å². The van der Waals surface area contributed by atoms with Gasteiger partial charge in [0.25, 0.3) is 0 Å². The molecule has 1 atom stereocenters. The maximum absolute atomic E-state index is 4.15. The van der Waals surface area contributed by atoms with E-state index < -0.39 is 0 Å². The fourth-order valence-corrected chi connectivity index (χ4v) is 3.33. The van der Waals surface area contributed by atoms with Crippen molar-refractivity contribution in [2.24, 2.45) is 0 Å². The zero-order chi connectivity index (χ0) is 18.4. The molecule has 132 valence electrons. The van der Waals surface area contributed by atoms with Crippen molar-refractivity contribution in [2.45, 2.75) is 26.2 Å². The molecule has 2 aromatic carbocycles. The number of hydrogen-bond acceptors (Lipinski definition) is 1. The molecule has 0 spiro atoms. The van der Waals surface area contributed by atoms with Crippen molar-refractivity contribution >= 4 is 11.8 Å². The summed E-state index contributed by atoms with van der Waals surface area (Å²) >= 11 is 0. The van der Waals surface area contributed by atoms with Gasteiger partial charge in [-0.15, -0.1) is 0 Å². The molecule has 26 heavy (non-hydrogen) atoms. The third-order valence-electron chi connectivity index (χ3n) is 4.87. The van der Waals surface area contributed by atoms with Crippen molar-refractivity contribution in [1.29, 1.82) is 0 Å². The van der Waals surface area contributed by atoms with Crippen molar-refractivity contribution in [3.8, 4) is 0 Å². The van der Waals surface area contributed by atoms with Gasteiger partial charge < -0.3 is 4.90 Å². The molecule has 0 saturated carbocycles. The number of anilines is 1. The molecule has 1 aliphatic heterocycles. The number of hydrogen-bond donors (Lipinski definition) is 0. The minimum atomic E-state index is 0.429. The predicted octanol–water partition coefficient (Wildman–Crippen LogP) is 6.65. The van der Waals surface area contributed by atoms with Crippen LogP contribution in [0.15, 0.2) is 91.2 Å². The summed E-state index contributed by atoms with van der Waals surface area (Å²) in [7, 11) is 0. The highest BCUT2D eigenvalue weighted by molar-refractivity contribution is 5.61. The fraction of sp³-hybridized carbons (Fsp3) is 0.200. The zero-order valence-electron chi connectivity index (χ0n) is 15.7. The average molecular weight is 341 g/mol. The summed E-state index contributed by atoms with van der Waals surface area (Å²) in [5, 5.41) is 0. The maximum Gasteiger partial charge on any atom is 0.0444 e. The molecule has 1 heteroatoms. The summed E-state index contributed by atoms with van der Waals surface area (Å²) in [6.45, 7) is 9.46. The molecule has 2 aromatic rings. The van der Waals surface area contributed by atoms with Gasteiger partial charge in [-0.25, -0.2) is 0 Å². The second-order valence-electron chi connectivity index (χ2n) is 6.70. The maximum atomic E-state index is 4.15. The van der Waals surface area contributed by atoms with E-state index in [4.69, 9.17) is 0 Å². The Hall–Kier alpha value is -2.80. The van der Waals surface area contributed by atoms with Gasteiger partial charge in [0, 0.05) is 24.4 Å². The normalized spacial score (nSPS) is 16.4. The summed E-state index contributed by atoms with van der Waals surface area (Å²) in [4.78, 5) is 2.30. The molecular weight excluding hydrogens is 314 g/mol. The molecule has 3 rings (SSSR count). The van der Waals surface area contributed by atoms with Gasteiger partial charge in [0.15, 0.2) is 0 Å². The largest absolute Gasteiger partial charge is 0.348 e. The summed E-state index contributed by atoms with van der Waals surface area (Å²) < 4.78 is 0. The molecule has 0 aromatic heterocycles. The van der Waals surface area contributed by atoms with Gasteiger partial charge in [-0.05, 0) is 48.6 Å². The first-order valence-corrected chi connectivity index (χ1v) is 9.32. The molecule has 0 saturated heterocycles. The lowest BCUT2D eigenvalue weighted by Gasteiger charge is -2.29. The molecule has 1 nitrogen and oxygen atoms in total. The Balaban J connectivity index is 1.64. The van der Waals surface area contributed by atoms with E-state index in [1.54, 1.807) is 0 Å². The molecular formula is C25H27N. The quantitative estimate of drug-likeness (QED) is 0.532. The van der Waals surface area contributed by atoms with Crippen molar-refractivity contribution < 1.29 is 0 Å². The van der Waals surface area contributed by atoms with E-state index in [-0.39, 0.29) is 0 Å². The van der Waals surface area contributed by atoms with Crippen LogP contribution in [0.4, 0.5) is 5.69 Å².